The summed E-state index contributed by atoms with van der Waals surface area (Å²) in [4.78, 5) is 10.7. The molecule has 1 aromatic rings. The first-order chi connectivity index (χ1) is 7.47. The summed E-state index contributed by atoms with van der Waals surface area (Å²) in [6.07, 6.45) is -0.175. The van der Waals surface area contributed by atoms with Gasteiger partial charge in [0.2, 0.25) is 0 Å². The van der Waals surface area contributed by atoms with Crippen LogP contribution in [0.2, 0.25) is 0 Å². The van der Waals surface area contributed by atoms with Crippen molar-refractivity contribution in [3.63, 3.8) is 0 Å². The Morgan fingerprint density at radius 2 is 2.12 bits per heavy atom. The minimum atomic E-state index is -1.15. The number of phenolic OH excluding ortho intramolecular Hbond substituents is 1. The van der Waals surface area contributed by atoms with Crippen LogP contribution in [0.5, 0.6) is 5.75 Å². The van der Waals surface area contributed by atoms with Crippen molar-refractivity contribution in [2.45, 2.75) is 12.5 Å². The summed E-state index contributed by atoms with van der Waals surface area (Å²) in [5, 5.41) is 20.2. The Kier molecular flexibility index (Phi) is 3.78. The van der Waals surface area contributed by atoms with Crippen molar-refractivity contribution in [3.8, 4) is 5.75 Å². The van der Waals surface area contributed by atoms with Gasteiger partial charge in [-0.2, -0.15) is 0 Å². The van der Waals surface area contributed by atoms with Crippen molar-refractivity contribution in [1.82, 2.24) is 5.32 Å². The van der Waals surface area contributed by atoms with Gasteiger partial charge in [0.25, 0.3) is 0 Å². The van der Waals surface area contributed by atoms with Gasteiger partial charge in [-0.05, 0) is 18.7 Å². The number of nitrogens with one attached hydrogen (secondary N) is 1. The number of halogens is 2. The lowest BCUT2D eigenvalue weighted by Gasteiger charge is -2.12. The van der Waals surface area contributed by atoms with E-state index in [9.17, 15) is 13.6 Å². The summed E-state index contributed by atoms with van der Waals surface area (Å²) in [5.41, 5.74) is -0.0550. The molecule has 3 N–H and O–H groups in total. The van der Waals surface area contributed by atoms with Gasteiger partial charge in [0.05, 0.1) is 0 Å². The Morgan fingerprint density at radius 1 is 1.50 bits per heavy atom. The molecule has 1 aromatic carbocycles. The van der Waals surface area contributed by atoms with E-state index in [-0.39, 0.29) is 12.0 Å². The van der Waals surface area contributed by atoms with E-state index in [0.29, 0.717) is 0 Å². The van der Waals surface area contributed by atoms with Gasteiger partial charge in [0, 0.05) is 6.42 Å². The number of rotatable bonds is 4. The van der Waals surface area contributed by atoms with Crippen molar-refractivity contribution < 1.29 is 23.8 Å². The van der Waals surface area contributed by atoms with E-state index in [0.717, 1.165) is 12.1 Å². The average molecular weight is 231 g/mol. The quantitative estimate of drug-likeness (QED) is 0.719. The van der Waals surface area contributed by atoms with Crippen LogP contribution < -0.4 is 5.32 Å². The minimum Gasteiger partial charge on any atom is -0.503 e. The Labute approximate surface area is 90.5 Å². The molecule has 0 saturated heterocycles. The standard InChI is InChI=1S/C10H11F2NO3/c1-13-7(10(15)16)4-5-2-3-6(11)9(14)8(5)12/h2-3,7,13-14H,4H2,1H3,(H,15,16). The van der Waals surface area contributed by atoms with Crippen molar-refractivity contribution in [1.29, 1.82) is 0 Å². The van der Waals surface area contributed by atoms with E-state index >= 15 is 0 Å². The van der Waals surface area contributed by atoms with Gasteiger partial charge < -0.3 is 15.5 Å². The Bertz CT molecular complexity index is 409. The second-order valence-electron chi connectivity index (χ2n) is 3.25. The largest absolute Gasteiger partial charge is 0.503 e. The van der Waals surface area contributed by atoms with Crippen LogP contribution in [0, 0.1) is 11.6 Å². The zero-order chi connectivity index (χ0) is 12.3. The molecule has 0 aliphatic carbocycles. The first-order valence-corrected chi connectivity index (χ1v) is 4.53. The van der Waals surface area contributed by atoms with E-state index in [2.05, 4.69) is 5.32 Å². The fraction of sp³-hybridized carbons (Fsp3) is 0.300. The van der Waals surface area contributed by atoms with E-state index < -0.39 is 29.4 Å². The first kappa shape index (κ1) is 12.4. The maximum atomic E-state index is 13.3. The molecule has 6 heteroatoms. The number of carbonyl (C=O) groups is 1. The molecule has 1 rings (SSSR count). The molecule has 0 aromatic heterocycles. The molecule has 88 valence electrons. The molecule has 0 amide bonds. The van der Waals surface area contributed by atoms with Crippen LogP contribution in [-0.4, -0.2) is 29.3 Å². The van der Waals surface area contributed by atoms with Gasteiger partial charge in [-0.15, -0.1) is 0 Å². The van der Waals surface area contributed by atoms with Crippen LogP contribution in [0.25, 0.3) is 0 Å². The highest BCUT2D eigenvalue weighted by molar-refractivity contribution is 5.73. The van der Waals surface area contributed by atoms with E-state index in [1.165, 1.54) is 7.05 Å². The van der Waals surface area contributed by atoms with Gasteiger partial charge in [-0.3, -0.25) is 4.79 Å². The number of hydrogen-bond acceptors (Lipinski definition) is 3. The van der Waals surface area contributed by atoms with Crippen LogP contribution in [0.3, 0.4) is 0 Å². The lowest BCUT2D eigenvalue weighted by Crippen LogP contribution is -2.36. The van der Waals surface area contributed by atoms with Crippen LogP contribution >= 0.6 is 0 Å². The third kappa shape index (κ3) is 2.46. The topological polar surface area (TPSA) is 69.6 Å². The molecular weight excluding hydrogens is 220 g/mol. The van der Waals surface area contributed by atoms with Gasteiger partial charge in [0.1, 0.15) is 6.04 Å². The van der Waals surface area contributed by atoms with E-state index in [4.69, 9.17) is 10.2 Å². The predicted molar refractivity (Wildman–Crippen MR) is 52.2 cm³/mol. The molecule has 16 heavy (non-hydrogen) atoms. The Hall–Kier alpha value is -1.69. The molecule has 1 unspecified atom stereocenters. The number of carboxylic acids is 1. The molecule has 4 nitrogen and oxygen atoms in total. The molecule has 0 fully saturated rings. The molecule has 0 spiro atoms. The van der Waals surface area contributed by atoms with Crippen LogP contribution in [0.4, 0.5) is 8.78 Å². The van der Waals surface area contributed by atoms with Crippen molar-refractivity contribution in [2.24, 2.45) is 0 Å². The highest BCUT2D eigenvalue weighted by Gasteiger charge is 2.20. The van der Waals surface area contributed by atoms with Crippen LogP contribution in [0.15, 0.2) is 12.1 Å². The smallest absolute Gasteiger partial charge is 0.321 e. The van der Waals surface area contributed by atoms with Crippen molar-refractivity contribution in [3.05, 3.63) is 29.3 Å². The van der Waals surface area contributed by atoms with Gasteiger partial charge in [-0.1, -0.05) is 6.07 Å². The maximum Gasteiger partial charge on any atom is 0.321 e. The summed E-state index contributed by atoms with van der Waals surface area (Å²) in [5.74, 6) is -4.43. The van der Waals surface area contributed by atoms with Gasteiger partial charge in [-0.25, -0.2) is 8.78 Å². The van der Waals surface area contributed by atoms with Crippen molar-refractivity contribution >= 4 is 5.97 Å². The number of aromatic hydroxyl groups is 1. The first-order valence-electron chi connectivity index (χ1n) is 4.53. The molecule has 0 saturated carbocycles. The highest BCUT2D eigenvalue weighted by atomic mass is 19.1. The summed E-state index contributed by atoms with van der Waals surface area (Å²) in [7, 11) is 1.42. The Balaban J connectivity index is 2.97. The van der Waals surface area contributed by atoms with E-state index in [1.54, 1.807) is 0 Å². The summed E-state index contributed by atoms with van der Waals surface area (Å²) >= 11 is 0. The normalized spacial score (nSPS) is 12.4. The fourth-order valence-corrected chi connectivity index (χ4v) is 1.27. The van der Waals surface area contributed by atoms with Gasteiger partial charge in [0.15, 0.2) is 17.4 Å². The molecular formula is C10H11F2NO3. The fourth-order valence-electron chi connectivity index (χ4n) is 1.27. The molecule has 0 radical (unpaired) electrons. The van der Waals surface area contributed by atoms with Crippen LogP contribution in [0.1, 0.15) is 5.56 Å². The van der Waals surface area contributed by atoms with Crippen LogP contribution in [-0.2, 0) is 11.2 Å². The number of benzene rings is 1. The third-order valence-electron chi connectivity index (χ3n) is 2.22. The molecule has 1 atom stereocenters. The monoisotopic (exact) mass is 231 g/mol. The number of phenols is 1. The molecule has 0 bridgehead atoms. The summed E-state index contributed by atoms with van der Waals surface area (Å²) in [6.45, 7) is 0. The predicted octanol–water partition coefficient (Wildman–Crippen LogP) is 0.885. The highest BCUT2D eigenvalue weighted by Crippen LogP contribution is 2.23. The SMILES string of the molecule is CNC(Cc1ccc(F)c(O)c1F)C(=O)O. The van der Waals surface area contributed by atoms with Gasteiger partial charge >= 0.3 is 5.97 Å². The summed E-state index contributed by atoms with van der Waals surface area (Å²) < 4.78 is 26.0. The zero-order valence-electron chi connectivity index (χ0n) is 8.50. The second-order valence-corrected chi connectivity index (χ2v) is 3.25. The average Bonchev–Trinajstić information content (AvgIpc) is 2.25. The molecule has 0 aliphatic heterocycles. The number of aliphatic carboxylic acids is 1. The summed E-state index contributed by atoms with van der Waals surface area (Å²) in [6, 6.07) is 1.01. The third-order valence-corrected chi connectivity index (χ3v) is 2.22. The number of likely N-dealkylation sites (N-methyl/N-ethyl adjacent to an activating group) is 1. The zero-order valence-corrected chi connectivity index (χ0v) is 8.50. The maximum absolute atomic E-state index is 13.3. The molecule has 0 aliphatic rings. The lowest BCUT2D eigenvalue weighted by molar-refractivity contribution is -0.139. The van der Waals surface area contributed by atoms with Crippen molar-refractivity contribution in [2.75, 3.05) is 7.05 Å². The lowest BCUT2D eigenvalue weighted by atomic mass is 10.0. The number of carboxylic acid groups (broad SMARTS) is 1. The minimum absolute atomic E-state index is 0.0550. The Morgan fingerprint density at radius 3 is 2.62 bits per heavy atom. The second kappa shape index (κ2) is 4.89. The molecule has 0 heterocycles. The van der Waals surface area contributed by atoms with E-state index in [1.807, 2.05) is 0 Å². The number of hydrogen-bond donors (Lipinski definition) is 3.